The van der Waals surface area contributed by atoms with Crippen LogP contribution in [0.1, 0.15) is 9.67 Å². The van der Waals surface area contributed by atoms with Crippen molar-refractivity contribution in [3.05, 3.63) is 35.3 Å². The van der Waals surface area contributed by atoms with Crippen molar-refractivity contribution in [1.82, 2.24) is 4.98 Å². The van der Waals surface area contributed by atoms with E-state index in [2.05, 4.69) is 15.0 Å². The molecule has 1 aromatic heterocycles. The van der Waals surface area contributed by atoms with Gasteiger partial charge >= 0.3 is 5.97 Å². The summed E-state index contributed by atoms with van der Waals surface area (Å²) in [5.41, 5.74) is 2.02. The van der Waals surface area contributed by atoms with Crippen LogP contribution in [0.15, 0.2) is 30.5 Å². The zero-order chi connectivity index (χ0) is 13.8. The molecule has 0 saturated carbocycles. The molecule has 0 saturated heterocycles. The molecule has 2 rings (SSSR count). The number of anilines is 3. The highest BCUT2D eigenvalue weighted by Crippen LogP contribution is 2.25. The third kappa shape index (κ3) is 3.23. The molecule has 100 valence electrons. The Hall–Kier alpha value is -2.08. The highest BCUT2D eigenvalue weighted by atomic mass is 32.1. The first-order chi connectivity index (χ1) is 9.10. The summed E-state index contributed by atoms with van der Waals surface area (Å²) in [5, 5.41) is 3.83. The summed E-state index contributed by atoms with van der Waals surface area (Å²) in [4.78, 5) is 18.0. The molecule has 1 aromatic carbocycles. The van der Waals surface area contributed by atoms with Crippen molar-refractivity contribution in [3.63, 3.8) is 0 Å². The quantitative estimate of drug-likeness (QED) is 0.871. The van der Waals surface area contributed by atoms with Gasteiger partial charge in [-0.1, -0.05) is 17.4 Å². The number of nitrogens with zero attached hydrogens (tertiary/aromatic N) is 2. The largest absolute Gasteiger partial charge is 0.465 e. The van der Waals surface area contributed by atoms with E-state index >= 15 is 0 Å². The molecule has 2 aromatic rings. The topological polar surface area (TPSA) is 54.5 Å². The van der Waals surface area contributed by atoms with E-state index in [0.717, 1.165) is 11.4 Å². The number of hydrogen-bond donors (Lipinski definition) is 1. The van der Waals surface area contributed by atoms with Gasteiger partial charge in [-0.25, -0.2) is 9.78 Å². The summed E-state index contributed by atoms with van der Waals surface area (Å²) in [6.07, 6.45) is 1.51. The van der Waals surface area contributed by atoms with E-state index in [1.165, 1.54) is 24.6 Å². The number of rotatable bonds is 4. The molecule has 1 heterocycles. The Morgan fingerprint density at radius 1 is 1.42 bits per heavy atom. The number of carbonyl (C=O) groups excluding carboxylic acids is 1. The lowest BCUT2D eigenvalue weighted by molar-refractivity contribution is 0.0606. The summed E-state index contributed by atoms with van der Waals surface area (Å²) in [7, 11) is 5.32. The van der Waals surface area contributed by atoms with Crippen LogP contribution in [-0.2, 0) is 4.74 Å². The maximum atomic E-state index is 11.3. The van der Waals surface area contributed by atoms with Crippen LogP contribution in [0, 0.1) is 0 Å². The number of nitrogens with one attached hydrogen (secondary N) is 1. The molecule has 0 fully saturated rings. The smallest absolute Gasteiger partial charge is 0.349 e. The molecule has 0 unspecified atom stereocenters. The van der Waals surface area contributed by atoms with Gasteiger partial charge in [0.15, 0.2) is 5.13 Å². The lowest BCUT2D eigenvalue weighted by atomic mass is 10.2. The standard InChI is InChI=1S/C13H15N3O2S/c1-16(2)10-6-4-5-9(7-10)15-13-14-8-11(19-13)12(17)18-3/h4-8H,1-3H3,(H,14,15). The minimum atomic E-state index is -0.368. The minimum absolute atomic E-state index is 0.368. The molecule has 0 aliphatic rings. The Bertz CT molecular complexity index is 581. The highest BCUT2D eigenvalue weighted by molar-refractivity contribution is 7.17. The van der Waals surface area contributed by atoms with Crippen LogP contribution < -0.4 is 10.2 Å². The van der Waals surface area contributed by atoms with Crippen LogP contribution in [0.4, 0.5) is 16.5 Å². The van der Waals surface area contributed by atoms with Crippen molar-refractivity contribution in [2.75, 3.05) is 31.4 Å². The number of esters is 1. The van der Waals surface area contributed by atoms with Gasteiger partial charge in [-0.3, -0.25) is 0 Å². The van der Waals surface area contributed by atoms with Gasteiger partial charge in [0.1, 0.15) is 4.88 Å². The van der Waals surface area contributed by atoms with Gasteiger partial charge in [0.25, 0.3) is 0 Å². The molecule has 5 nitrogen and oxygen atoms in total. The van der Waals surface area contributed by atoms with Crippen molar-refractivity contribution in [3.8, 4) is 0 Å². The second kappa shape index (κ2) is 5.71. The molecule has 0 bridgehead atoms. The van der Waals surface area contributed by atoms with Gasteiger partial charge in [-0.05, 0) is 18.2 Å². The van der Waals surface area contributed by atoms with Crippen molar-refractivity contribution >= 4 is 33.8 Å². The Morgan fingerprint density at radius 3 is 2.89 bits per heavy atom. The van der Waals surface area contributed by atoms with Gasteiger partial charge in [-0.15, -0.1) is 0 Å². The van der Waals surface area contributed by atoms with Crippen molar-refractivity contribution in [1.29, 1.82) is 0 Å². The van der Waals surface area contributed by atoms with Crippen molar-refractivity contribution in [2.24, 2.45) is 0 Å². The summed E-state index contributed by atoms with van der Waals surface area (Å²) in [5.74, 6) is -0.368. The maximum absolute atomic E-state index is 11.3. The Labute approximate surface area is 115 Å². The highest BCUT2D eigenvalue weighted by Gasteiger charge is 2.10. The third-order valence-electron chi connectivity index (χ3n) is 2.51. The molecule has 0 radical (unpaired) electrons. The minimum Gasteiger partial charge on any atom is -0.465 e. The molecule has 0 atom stereocenters. The number of carbonyl (C=O) groups is 1. The molecule has 0 aliphatic carbocycles. The number of ether oxygens (including phenoxy) is 1. The predicted octanol–water partition coefficient (Wildman–Crippen LogP) is 2.74. The number of thiazole rings is 1. The fourth-order valence-corrected chi connectivity index (χ4v) is 2.27. The van der Waals surface area contributed by atoms with Gasteiger partial charge < -0.3 is 15.0 Å². The number of hydrogen-bond acceptors (Lipinski definition) is 6. The molecule has 1 N–H and O–H groups in total. The third-order valence-corrected chi connectivity index (χ3v) is 3.40. The molecular weight excluding hydrogens is 262 g/mol. The second-order valence-corrected chi connectivity index (χ2v) is 5.12. The van der Waals surface area contributed by atoms with Gasteiger partial charge in [-0.2, -0.15) is 0 Å². The fourth-order valence-electron chi connectivity index (χ4n) is 1.51. The van der Waals surface area contributed by atoms with Gasteiger partial charge in [0.05, 0.1) is 13.3 Å². The van der Waals surface area contributed by atoms with Crippen LogP contribution in [-0.4, -0.2) is 32.2 Å². The summed E-state index contributed by atoms with van der Waals surface area (Å²) in [6, 6.07) is 7.95. The lowest BCUT2D eigenvalue weighted by Crippen LogP contribution is -2.08. The second-order valence-electron chi connectivity index (χ2n) is 4.09. The van der Waals surface area contributed by atoms with Crippen LogP contribution in [0.2, 0.25) is 0 Å². The van der Waals surface area contributed by atoms with E-state index in [1.807, 2.05) is 43.3 Å². The molecular formula is C13H15N3O2S. The van der Waals surface area contributed by atoms with Crippen LogP contribution in [0.25, 0.3) is 0 Å². The molecule has 0 amide bonds. The first-order valence-electron chi connectivity index (χ1n) is 5.68. The normalized spacial score (nSPS) is 10.1. The Kier molecular flexibility index (Phi) is 4.01. The first kappa shape index (κ1) is 13.4. The summed E-state index contributed by atoms with van der Waals surface area (Å²) in [6.45, 7) is 0. The summed E-state index contributed by atoms with van der Waals surface area (Å²) >= 11 is 1.26. The van der Waals surface area contributed by atoms with E-state index < -0.39 is 0 Å². The van der Waals surface area contributed by atoms with E-state index in [4.69, 9.17) is 0 Å². The van der Waals surface area contributed by atoms with E-state index in [-0.39, 0.29) is 5.97 Å². The maximum Gasteiger partial charge on any atom is 0.349 e. The average molecular weight is 277 g/mol. The lowest BCUT2D eigenvalue weighted by Gasteiger charge is -2.13. The van der Waals surface area contributed by atoms with Gasteiger partial charge in [0.2, 0.25) is 0 Å². The SMILES string of the molecule is COC(=O)c1cnc(Nc2cccc(N(C)C)c2)s1. The van der Waals surface area contributed by atoms with Crippen LogP contribution in [0.3, 0.4) is 0 Å². The molecule has 6 heteroatoms. The van der Waals surface area contributed by atoms with E-state index in [1.54, 1.807) is 0 Å². The molecule has 0 aliphatic heterocycles. The van der Waals surface area contributed by atoms with Crippen molar-refractivity contribution < 1.29 is 9.53 Å². The number of aromatic nitrogens is 1. The van der Waals surface area contributed by atoms with E-state index in [0.29, 0.717) is 10.0 Å². The zero-order valence-electron chi connectivity index (χ0n) is 11.0. The van der Waals surface area contributed by atoms with Crippen LogP contribution in [0.5, 0.6) is 0 Å². The monoisotopic (exact) mass is 277 g/mol. The Morgan fingerprint density at radius 2 is 2.21 bits per heavy atom. The van der Waals surface area contributed by atoms with Crippen LogP contribution >= 0.6 is 11.3 Å². The summed E-state index contributed by atoms with van der Waals surface area (Å²) < 4.78 is 4.65. The Balaban J connectivity index is 2.15. The average Bonchev–Trinajstić information content (AvgIpc) is 2.86. The van der Waals surface area contributed by atoms with Gasteiger partial charge in [0, 0.05) is 25.5 Å². The number of benzene rings is 1. The van der Waals surface area contributed by atoms with E-state index in [9.17, 15) is 4.79 Å². The molecule has 0 spiro atoms. The first-order valence-corrected chi connectivity index (χ1v) is 6.50. The molecule has 19 heavy (non-hydrogen) atoms. The van der Waals surface area contributed by atoms with Crippen molar-refractivity contribution in [2.45, 2.75) is 0 Å². The zero-order valence-corrected chi connectivity index (χ0v) is 11.8. The number of methoxy groups -OCH3 is 1. The fraction of sp³-hybridized carbons (Fsp3) is 0.231. The predicted molar refractivity (Wildman–Crippen MR) is 77.5 cm³/mol.